The summed E-state index contributed by atoms with van der Waals surface area (Å²) >= 11 is 0. The van der Waals surface area contributed by atoms with Gasteiger partial charge in [-0.25, -0.2) is 0 Å². The normalized spacial score (nSPS) is 19.5. The Morgan fingerprint density at radius 1 is 1.24 bits per heavy atom. The minimum atomic E-state index is 0.171. The molecular formula is C12H16N2O3. The van der Waals surface area contributed by atoms with E-state index in [0.29, 0.717) is 11.5 Å². The number of fused-ring (bicyclic) bond motifs is 1. The standard InChI is InChI=1S/C12H16N2O3/c15-10-5-9(6-11-12(10)17-8-16-11)7-14-3-1-13-2-4-14/h5-6,13,15H,1-4,7-8H2. The van der Waals surface area contributed by atoms with Crippen molar-refractivity contribution in [1.29, 1.82) is 0 Å². The third-order valence-corrected chi connectivity index (χ3v) is 3.13. The van der Waals surface area contributed by atoms with Crippen LogP contribution in [0.2, 0.25) is 0 Å². The van der Waals surface area contributed by atoms with Gasteiger partial charge in [0.2, 0.25) is 12.5 Å². The summed E-state index contributed by atoms with van der Waals surface area (Å²) in [7, 11) is 0. The van der Waals surface area contributed by atoms with E-state index in [4.69, 9.17) is 9.47 Å². The van der Waals surface area contributed by atoms with E-state index in [9.17, 15) is 5.11 Å². The molecule has 5 heteroatoms. The second-order valence-corrected chi connectivity index (χ2v) is 4.37. The third-order valence-electron chi connectivity index (χ3n) is 3.13. The topological polar surface area (TPSA) is 54.0 Å². The Morgan fingerprint density at radius 3 is 2.88 bits per heavy atom. The monoisotopic (exact) mass is 236 g/mol. The minimum Gasteiger partial charge on any atom is -0.504 e. The van der Waals surface area contributed by atoms with Gasteiger partial charge < -0.3 is 19.9 Å². The van der Waals surface area contributed by atoms with Crippen LogP contribution in [0.25, 0.3) is 0 Å². The zero-order valence-corrected chi connectivity index (χ0v) is 9.61. The number of hydrogen-bond donors (Lipinski definition) is 2. The summed E-state index contributed by atoms with van der Waals surface area (Å²) < 4.78 is 10.5. The van der Waals surface area contributed by atoms with Crippen molar-refractivity contribution in [3.63, 3.8) is 0 Å². The Bertz CT molecular complexity index is 416. The number of piperazine rings is 1. The second-order valence-electron chi connectivity index (χ2n) is 4.37. The summed E-state index contributed by atoms with van der Waals surface area (Å²) in [6.45, 7) is 5.16. The van der Waals surface area contributed by atoms with Crippen molar-refractivity contribution in [1.82, 2.24) is 10.2 Å². The highest BCUT2D eigenvalue weighted by molar-refractivity contribution is 5.54. The van der Waals surface area contributed by atoms with E-state index in [2.05, 4.69) is 10.2 Å². The first-order valence-corrected chi connectivity index (χ1v) is 5.87. The maximum atomic E-state index is 9.81. The van der Waals surface area contributed by atoms with Gasteiger partial charge >= 0.3 is 0 Å². The number of phenolic OH excluding ortho intramolecular Hbond substituents is 1. The lowest BCUT2D eigenvalue weighted by Gasteiger charge is -2.27. The van der Waals surface area contributed by atoms with Crippen LogP contribution >= 0.6 is 0 Å². The van der Waals surface area contributed by atoms with Crippen molar-refractivity contribution in [2.75, 3.05) is 33.0 Å². The summed E-state index contributed by atoms with van der Waals surface area (Å²) in [5.74, 6) is 1.29. The number of nitrogens with one attached hydrogen (secondary N) is 1. The Hall–Kier alpha value is -1.46. The largest absolute Gasteiger partial charge is 0.504 e. The van der Waals surface area contributed by atoms with Gasteiger partial charge in [0, 0.05) is 32.7 Å². The van der Waals surface area contributed by atoms with Crippen LogP contribution in [0, 0.1) is 0 Å². The summed E-state index contributed by atoms with van der Waals surface area (Å²) in [5, 5.41) is 13.1. The molecule has 1 aromatic carbocycles. The predicted molar refractivity (Wildman–Crippen MR) is 62.4 cm³/mol. The average Bonchev–Trinajstić information content (AvgIpc) is 2.79. The van der Waals surface area contributed by atoms with Crippen molar-refractivity contribution < 1.29 is 14.6 Å². The van der Waals surface area contributed by atoms with E-state index in [-0.39, 0.29) is 12.5 Å². The molecular weight excluding hydrogens is 220 g/mol. The van der Waals surface area contributed by atoms with Crippen molar-refractivity contribution >= 4 is 0 Å². The number of benzene rings is 1. The molecule has 0 spiro atoms. The van der Waals surface area contributed by atoms with Crippen molar-refractivity contribution in [2.24, 2.45) is 0 Å². The number of nitrogens with zero attached hydrogens (tertiary/aromatic N) is 1. The van der Waals surface area contributed by atoms with Crippen molar-refractivity contribution in [3.8, 4) is 17.2 Å². The van der Waals surface area contributed by atoms with Crippen LogP contribution in [0.3, 0.4) is 0 Å². The molecule has 2 aliphatic rings. The zero-order valence-electron chi connectivity index (χ0n) is 9.61. The number of phenols is 1. The van der Waals surface area contributed by atoms with Crippen LogP contribution < -0.4 is 14.8 Å². The number of aromatic hydroxyl groups is 1. The molecule has 92 valence electrons. The van der Waals surface area contributed by atoms with Gasteiger partial charge in [0.1, 0.15) is 0 Å². The summed E-state index contributed by atoms with van der Waals surface area (Å²) in [6, 6.07) is 3.71. The van der Waals surface area contributed by atoms with Crippen LogP contribution in [0.1, 0.15) is 5.56 Å². The van der Waals surface area contributed by atoms with E-state index in [1.807, 2.05) is 6.07 Å². The molecule has 0 bridgehead atoms. The number of rotatable bonds is 2. The second kappa shape index (κ2) is 4.43. The molecule has 1 saturated heterocycles. The van der Waals surface area contributed by atoms with Gasteiger partial charge in [0.25, 0.3) is 0 Å². The highest BCUT2D eigenvalue weighted by Gasteiger charge is 2.20. The summed E-state index contributed by atoms with van der Waals surface area (Å²) in [4.78, 5) is 2.35. The predicted octanol–water partition coefficient (Wildman–Crippen LogP) is 0.526. The van der Waals surface area contributed by atoms with Gasteiger partial charge in [-0.3, -0.25) is 4.90 Å². The molecule has 1 aromatic rings. The van der Waals surface area contributed by atoms with Crippen molar-refractivity contribution in [2.45, 2.75) is 6.54 Å². The molecule has 17 heavy (non-hydrogen) atoms. The first-order valence-electron chi connectivity index (χ1n) is 5.87. The maximum absolute atomic E-state index is 9.81. The molecule has 0 unspecified atom stereocenters. The van der Waals surface area contributed by atoms with Crippen LogP contribution in [-0.2, 0) is 6.54 Å². The number of hydrogen-bond acceptors (Lipinski definition) is 5. The molecule has 2 heterocycles. The van der Waals surface area contributed by atoms with Crippen LogP contribution in [-0.4, -0.2) is 43.0 Å². The van der Waals surface area contributed by atoms with E-state index >= 15 is 0 Å². The fourth-order valence-electron chi connectivity index (χ4n) is 2.27. The molecule has 0 radical (unpaired) electrons. The maximum Gasteiger partial charge on any atom is 0.231 e. The molecule has 3 rings (SSSR count). The molecule has 0 atom stereocenters. The lowest BCUT2D eigenvalue weighted by Crippen LogP contribution is -2.42. The molecule has 0 amide bonds. The molecule has 0 aliphatic carbocycles. The third kappa shape index (κ3) is 2.16. The molecule has 1 fully saturated rings. The SMILES string of the molecule is Oc1cc(CN2CCNCC2)cc2c1OCO2. The van der Waals surface area contributed by atoms with Crippen molar-refractivity contribution in [3.05, 3.63) is 17.7 Å². The van der Waals surface area contributed by atoms with Crippen LogP contribution in [0.5, 0.6) is 17.2 Å². The Kier molecular flexibility index (Phi) is 2.78. The Morgan fingerprint density at radius 2 is 2.06 bits per heavy atom. The smallest absolute Gasteiger partial charge is 0.231 e. The van der Waals surface area contributed by atoms with Gasteiger partial charge in [-0.1, -0.05) is 0 Å². The molecule has 5 nitrogen and oxygen atoms in total. The van der Waals surface area contributed by atoms with Gasteiger partial charge in [-0.2, -0.15) is 0 Å². The first-order chi connectivity index (χ1) is 8.33. The molecule has 2 N–H and O–H groups in total. The van der Waals surface area contributed by atoms with Crippen LogP contribution in [0.15, 0.2) is 12.1 Å². The van der Waals surface area contributed by atoms with E-state index in [1.54, 1.807) is 6.07 Å². The lowest BCUT2D eigenvalue weighted by atomic mass is 10.1. The molecule has 0 saturated carbocycles. The quantitative estimate of drug-likeness (QED) is 0.784. The van der Waals surface area contributed by atoms with Crippen LogP contribution in [0.4, 0.5) is 0 Å². The Balaban J connectivity index is 1.76. The first kappa shape index (κ1) is 10.7. The van der Waals surface area contributed by atoms with E-state index in [1.165, 1.54) is 0 Å². The zero-order chi connectivity index (χ0) is 11.7. The summed E-state index contributed by atoms with van der Waals surface area (Å²) in [5.41, 5.74) is 1.06. The highest BCUT2D eigenvalue weighted by Crippen LogP contribution is 2.41. The highest BCUT2D eigenvalue weighted by atomic mass is 16.7. The van der Waals surface area contributed by atoms with Gasteiger partial charge in [-0.15, -0.1) is 0 Å². The number of ether oxygens (including phenoxy) is 2. The fourth-order valence-corrected chi connectivity index (χ4v) is 2.27. The fraction of sp³-hybridized carbons (Fsp3) is 0.500. The lowest BCUT2D eigenvalue weighted by molar-refractivity contribution is 0.171. The van der Waals surface area contributed by atoms with Gasteiger partial charge in [0.15, 0.2) is 11.5 Å². The Labute approximate surface area is 99.9 Å². The molecule has 2 aliphatic heterocycles. The van der Waals surface area contributed by atoms with Gasteiger partial charge in [0.05, 0.1) is 0 Å². The minimum absolute atomic E-state index is 0.171. The molecule has 0 aromatic heterocycles. The van der Waals surface area contributed by atoms with E-state index in [0.717, 1.165) is 38.3 Å². The van der Waals surface area contributed by atoms with Gasteiger partial charge in [-0.05, 0) is 17.7 Å². The average molecular weight is 236 g/mol. The van der Waals surface area contributed by atoms with E-state index < -0.39 is 0 Å². The summed E-state index contributed by atoms with van der Waals surface area (Å²) in [6.07, 6.45) is 0.